The van der Waals surface area contributed by atoms with E-state index in [1.165, 1.54) is 12.1 Å². The third-order valence-corrected chi connectivity index (χ3v) is 5.15. The molecule has 2 fully saturated rings. The third-order valence-electron chi connectivity index (χ3n) is 5.15. The molecule has 152 valence electrons. The van der Waals surface area contributed by atoms with Gasteiger partial charge in [0.15, 0.2) is 5.76 Å². The Hall–Kier alpha value is -2.41. The summed E-state index contributed by atoms with van der Waals surface area (Å²) >= 11 is 0. The average molecular weight is 390 g/mol. The van der Waals surface area contributed by atoms with Crippen LogP contribution in [0.4, 0.5) is 4.39 Å². The van der Waals surface area contributed by atoms with Crippen LogP contribution in [0.2, 0.25) is 0 Å². The molecule has 1 aliphatic heterocycles. The van der Waals surface area contributed by atoms with E-state index in [2.05, 4.69) is 5.32 Å². The average Bonchev–Trinajstić information content (AvgIpc) is 2.70. The van der Waals surface area contributed by atoms with Crippen LogP contribution >= 0.6 is 0 Å². The smallest absolute Gasteiger partial charge is 0.289 e. The number of carbonyl (C=O) groups is 2. The molecule has 0 radical (unpaired) electrons. The Kier molecular flexibility index (Phi) is 7.03. The van der Waals surface area contributed by atoms with Crippen molar-refractivity contribution in [2.75, 3.05) is 26.8 Å². The van der Waals surface area contributed by atoms with E-state index >= 15 is 0 Å². The summed E-state index contributed by atoms with van der Waals surface area (Å²) in [4.78, 5) is 27.0. The number of nitrogens with zero attached hydrogens (tertiary/aromatic N) is 1. The fraction of sp³-hybridized carbons (Fsp3) is 0.524. The predicted octanol–water partition coefficient (Wildman–Crippen LogP) is 2.49. The third kappa shape index (κ3) is 5.10. The number of hydrogen-bond acceptors (Lipinski definition) is 4. The number of carbonyl (C=O) groups excluding carboxylic acids is 2. The molecule has 6 nitrogen and oxygen atoms in total. The lowest BCUT2D eigenvalue weighted by atomic mass is 9.89. The maximum atomic E-state index is 13.1. The lowest BCUT2D eigenvalue weighted by Crippen LogP contribution is -2.57. The van der Waals surface area contributed by atoms with E-state index < -0.39 is 0 Å². The summed E-state index contributed by atoms with van der Waals surface area (Å²) in [6.07, 6.45) is 5.97. The quantitative estimate of drug-likeness (QED) is 0.574. The van der Waals surface area contributed by atoms with Crippen LogP contribution in [0.25, 0.3) is 6.08 Å². The Morgan fingerprint density at radius 1 is 1.32 bits per heavy atom. The van der Waals surface area contributed by atoms with E-state index in [1.807, 2.05) is 0 Å². The molecule has 1 aromatic rings. The second kappa shape index (κ2) is 9.68. The molecule has 0 spiro atoms. The van der Waals surface area contributed by atoms with Gasteiger partial charge in [-0.3, -0.25) is 9.59 Å². The van der Waals surface area contributed by atoms with Gasteiger partial charge in [0.25, 0.3) is 5.91 Å². The van der Waals surface area contributed by atoms with Crippen molar-refractivity contribution in [3.8, 4) is 0 Å². The van der Waals surface area contributed by atoms with Gasteiger partial charge in [-0.25, -0.2) is 4.39 Å². The van der Waals surface area contributed by atoms with Crippen molar-refractivity contribution in [3.63, 3.8) is 0 Å². The first-order chi connectivity index (χ1) is 13.6. The van der Waals surface area contributed by atoms with Crippen LogP contribution < -0.4 is 5.32 Å². The Balaban J connectivity index is 1.73. The largest absolute Gasteiger partial charge is 0.482 e. The van der Waals surface area contributed by atoms with Crippen LogP contribution in [0.5, 0.6) is 0 Å². The van der Waals surface area contributed by atoms with E-state index in [0.29, 0.717) is 18.7 Å². The van der Waals surface area contributed by atoms with Gasteiger partial charge >= 0.3 is 0 Å². The molecule has 1 saturated carbocycles. The van der Waals surface area contributed by atoms with Gasteiger partial charge in [0.05, 0.1) is 6.04 Å². The molecule has 1 aromatic carbocycles. The molecular formula is C21H27FN2O4. The number of rotatable bonds is 7. The number of methoxy groups -OCH3 is 1. The van der Waals surface area contributed by atoms with Crippen molar-refractivity contribution in [2.24, 2.45) is 0 Å². The zero-order valence-corrected chi connectivity index (χ0v) is 16.2. The maximum Gasteiger partial charge on any atom is 0.289 e. The van der Waals surface area contributed by atoms with Gasteiger partial charge in [-0.1, -0.05) is 18.6 Å². The Morgan fingerprint density at radius 3 is 2.82 bits per heavy atom. The van der Waals surface area contributed by atoms with Gasteiger partial charge in [-0.15, -0.1) is 0 Å². The van der Waals surface area contributed by atoms with Crippen molar-refractivity contribution in [1.82, 2.24) is 10.2 Å². The summed E-state index contributed by atoms with van der Waals surface area (Å²) in [5.74, 6) is -0.601. The number of amides is 2. The van der Waals surface area contributed by atoms with Gasteiger partial charge in [0, 0.05) is 20.3 Å². The summed E-state index contributed by atoms with van der Waals surface area (Å²) in [5, 5.41) is 2.84. The summed E-state index contributed by atoms with van der Waals surface area (Å²) < 4.78 is 24.1. The summed E-state index contributed by atoms with van der Waals surface area (Å²) in [5.41, 5.74) is 0.683. The number of ether oxygens (including phenoxy) is 2. The first-order valence-corrected chi connectivity index (χ1v) is 9.79. The van der Waals surface area contributed by atoms with Gasteiger partial charge in [-0.05, 0) is 49.5 Å². The molecule has 0 bridgehead atoms. The normalized spacial score (nSPS) is 23.3. The minimum absolute atomic E-state index is 0.0110. The molecule has 2 atom stereocenters. The maximum absolute atomic E-state index is 13.1. The van der Waals surface area contributed by atoms with Gasteiger partial charge in [0.2, 0.25) is 5.91 Å². The van der Waals surface area contributed by atoms with Crippen molar-refractivity contribution < 1.29 is 23.5 Å². The minimum Gasteiger partial charge on any atom is -0.482 e. The number of nitrogens with one attached hydrogen (secondary N) is 1. The summed E-state index contributed by atoms with van der Waals surface area (Å²) in [7, 11) is 1.62. The highest BCUT2D eigenvalue weighted by molar-refractivity contribution is 5.98. The zero-order chi connectivity index (χ0) is 19.9. The molecule has 1 saturated heterocycles. The van der Waals surface area contributed by atoms with E-state index in [9.17, 15) is 14.0 Å². The SMILES string of the molecule is COCCCNC(=O)CN1C(=O)/C(=C\c2ccc(F)cc2)OC2CCCCC21. The number of fused-ring (bicyclic) bond motifs is 1. The van der Waals surface area contributed by atoms with Gasteiger partial charge < -0.3 is 19.7 Å². The number of benzene rings is 1. The monoisotopic (exact) mass is 390 g/mol. The molecule has 2 amide bonds. The Morgan fingerprint density at radius 2 is 2.07 bits per heavy atom. The second-order valence-electron chi connectivity index (χ2n) is 7.20. The molecule has 0 aromatic heterocycles. The number of morpholine rings is 1. The van der Waals surface area contributed by atoms with Gasteiger partial charge in [-0.2, -0.15) is 0 Å². The molecule has 1 aliphatic carbocycles. The first-order valence-electron chi connectivity index (χ1n) is 9.79. The van der Waals surface area contributed by atoms with E-state index in [1.54, 1.807) is 30.2 Å². The highest BCUT2D eigenvalue weighted by Crippen LogP contribution is 2.33. The van der Waals surface area contributed by atoms with Crippen LogP contribution in [0, 0.1) is 5.82 Å². The van der Waals surface area contributed by atoms with Gasteiger partial charge in [0.1, 0.15) is 18.5 Å². The molecule has 1 heterocycles. The zero-order valence-electron chi connectivity index (χ0n) is 16.2. The topological polar surface area (TPSA) is 67.9 Å². The van der Waals surface area contributed by atoms with E-state index in [4.69, 9.17) is 9.47 Å². The lowest BCUT2D eigenvalue weighted by molar-refractivity contribution is -0.151. The van der Waals surface area contributed by atoms with Crippen molar-refractivity contribution in [2.45, 2.75) is 44.2 Å². The molecule has 2 unspecified atom stereocenters. The van der Waals surface area contributed by atoms with Crippen LogP contribution in [0.15, 0.2) is 30.0 Å². The van der Waals surface area contributed by atoms with Crippen molar-refractivity contribution in [1.29, 1.82) is 0 Å². The molecular weight excluding hydrogens is 363 g/mol. The Bertz CT molecular complexity index is 720. The highest BCUT2D eigenvalue weighted by Gasteiger charge is 2.42. The fourth-order valence-electron chi connectivity index (χ4n) is 3.73. The van der Waals surface area contributed by atoms with E-state index in [-0.39, 0.29) is 42.1 Å². The molecule has 7 heteroatoms. The Labute approximate surface area is 164 Å². The lowest BCUT2D eigenvalue weighted by Gasteiger charge is -2.44. The minimum atomic E-state index is -0.336. The highest BCUT2D eigenvalue weighted by atomic mass is 19.1. The first kappa shape index (κ1) is 20.3. The number of hydrogen-bond donors (Lipinski definition) is 1. The van der Waals surface area contributed by atoms with Crippen molar-refractivity contribution in [3.05, 3.63) is 41.4 Å². The number of halogens is 1. The van der Waals surface area contributed by atoms with Crippen molar-refractivity contribution >= 4 is 17.9 Å². The van der Waals surface area contributed by atoms with Crippen LogP contribution in [0.1, 0.15) is 37.7 Å². The second-order valence-corrected chi connectivity index (χ2v) is 7.20. The molecule has 28 heavy (non-hydrogen) atoms. The molecule has 3 rings (SSSR count). The van der Waals surface area contributed by atoms with Crippen LogP contribution in [-0.2, 0) is 19.1 Å². The predicted molar refractivity (Wildman–Crippen MR) is 103 cm³/mol. The van der Waals surface area contributed by atoms with Crippen LogP contribution in [-0.4, -0.2) is 55.7 Å². The van der Waals surface area contributed by atoms with Crippen LogP contribution in [0.3, 0.4) is 0 Å². The molecule has 2 aliphatic rings. The summed E-state index contributed by atoms with van der Waals surface area (Å²) in [6.45, 7) is 1.10. The molecule has 1 N–H and O–H groups in total. The standard InChI is InChI=1S/C21H27FN2O4/c1-27-12-4-11-23-20(25)14-24-17-5-2-3-6-18(17)28-19(21(24)26)13-15-7-9-16(22)10-8-15/h7-10,13,17-18H,2-6,11-12,14H2,1H3,(H,23,25)/b19-13+. The fourth-order valence-corrected chi connectivity index (χ4v) is 3.73. The summed E-state index contributed by atoms with van der Waals surface area (Å²) in [6, 6.07) is 5.79. The van der Waals surface area contributed by atoms with E-state index in [0.717, 1.165) is 32.1 Å².